The normalized spacial score (nSPS) is 18.1. The number of methoxy groups -OCH3 is 1. The Morgan fingerprint density at radius 3 is 2.46 bits per heavy atom. The summed E-state index contributed by atoms with van der Waals surface area (Å²) in [5.74, 6) is 1.08. The number of amides is 2. The third kappa shape index (κ3) is 8.69. The zero-order chi connectivity index (χ0) is 26.2. The van der Waals surface area contributed by atoms with Crippen molar-refractivity contribution in [2.75, 3.05) is 53.6 Å². The second kappa shape index (κ2) is 13.1. The van der Waals surface area contributed by atoms with Crippen molar-refractivity contribution in [2.24, 2.45) is 11.8 Å². The molecule has 2 amide bonds. The van der Waals surface area contributed by atoms with E-state index in [0.717, 1.165) is 24.3 Å². The summed E-state index contributed by atoms with van der Waals surface area (Å²) >= 11 is 0. The molecule has 8 nitrogen and oxygen atoms in total. The second-order valence-electron chi connectivity index (χ2n) is 10.7. The number of carbonyl (C=O) groups is 2. The summed E-state index contributed by atoms with van der Waals surface area (Å²) in [6, 6.07) is 5.65. The van der Waals surface area contributed by atoms with Crippen molar-refractivity contribution in [3.63, 3.8) is 0 Å². The molecule has 35 heavy (non-hydrogen) atoms. The van der Waals surface area contributed by atoms with E-state index in [1.807, 2.05) is 71.7 Å². The van der Waals surface area contributed by atoms with Gasteiger partial charge >= 0.3 is 6.09 Å². The fraction of sp³-hybridized carbons (Fsp3) is 0.704. The third-order valence-corrected chi connectivity index (χ3v) is 6.20. The molecule has 1 saturated heterocycles. The lowest BCUT2D eigenvalue weighted by Crippen LogP contribution is -2.43. The SMILES string of the molecule is CNCC1CN(C(=O)OC(C)(C)C)CC1CN(C(=O)c1ccc(C)c(OCCCOC)c1)C(C)C. The van der Waals surface area contributed by atoms with Crippen molar-refractivity contribution in [2.45, 2.75) is 59.6 Å². The van der Waals surface area contributed by atoms with E-state index >= 15 is 0 Å². The number of likely N-dealkylation sites (tertiary alicyclic amines) is 1. The van der Waals surface area contributed by atoms with E-state index in [2.05, 4.69) is 5.32 Å². The van der Waals surface area contributed by atoms with Crippen LogP contribution in [0.25, 0.3) is 0 Å². The molecule has 0 spiro atoms. The van der Waals surface area contributed by atoms with Crippen LogP contribution < -0.4 is 10.1 Å². The summed E-state index contributed by atoms with van der Waals surface area (Å²) in [6.07, 6.45) is 0.492. The fourth-order valence-electron chi connectivity index (χ4n) is 4.34. The van der Waals surface area contributed by atoms with Crippen LogP contribution in [0.15, 0.2) is 18.2 Å². The van der Waals surface area contributed by atoms with Crippen LogP contribution in [0, 0.1) is 18.8 Å². The van der Waals surface area contributed by atoms with Crippen LogP contribution in [0.2, 0.25) is 0 Å². The van der Waals surface area contributed by atoms with Gasteiger partial charge in [0.05, 0.1) is 6.61 Å². The van der Waals surface area contributed by atoms with Crippen LogP contribution >= 0.6 is 0 Å². The minimum absolute atomic E-state index is 0.0145. The highest BCUT2D eigenvalue weighted by Gasteiger charge is 2.38. The van der Waals surface area contributed by atoms with Gasteiger partial charge in [-0.2, -0.15) is 0 Å². The van der Waals surface area contributed by atoms with Gasteiger partial charge in [-0.1, -0.05) is 6.07 Å². The predicted molar refractivity (Wildman–Crippen MR) is 138 cm³/mol. The summed E-state index contributed by atoms with van der Waals surface area (Å²) in [5.41, 5.74) is 1.06. The number of hydrogen-bond acceptors (Lipinski definition) is 6. The number of ether oxygens (including phenoxy) is 3. The Labute approximate surface area is 211 Å². The molecule has 1 aliphatic heterocycles. The summed E-state index contributed by atoms with van der Waals surface area (Å²) in [6.45, 7) is 15.4. The average Bonchev–Trinajstić information content (AvgIpc) is 3.17. The van der Waals surface area contributed by atoms with E-state index in [1.165, 1.54) is 0 Å². The van der Waals surface area contributed by atoms with E-state index < -0.39 is 5.60 Å². The van der Waals surface area contributed by atoms with Gasteiger partial charge in [0.1, 0.15) is 11.4 Å². The molecule has 1 fully saturated rings. The first kappa shape index (κ1) is 28.9. The molecule has 1 aliphatic rings. The molecule has 2 atom stereocenters. The van der Waals surface area contributed by atoms with Gasteiger partial charge in [-0.05, 0) is 84.7 Å². The maximum Gasteiger partial charge on any atom is 0.410 e. The van der Waals surface area contributed by atoms with Crippen molar-refractivity contribution in [1.82, 2.24) is 15.1 Å². The Hall–Kier alpha value is -2.32. The number of hydrogen-bond donors (Lipinski definition) is 1. The van der Waals surface area contributed by atoms with Gasteiger partial charge in [0, 0.05) is 51.4 Å². The zero-order valence-electron chi connectivity index (χ0n) is 22.8. The summed E-state index contributed by atoms with van der Waals surface area (Å²) in [5, 5.41) is 3.25. The van der Waals surface area contributed by atoms with E-state index in [9.17, 15) is 9.59 Å². The lowest BCUT2D eigenvalue weighted by Gasteiger charge is -2.31. The van der Waals surface area contributed by atoms with Crippen LogP contribution in [0.1, 0.15) is 57.0 Å². The van der Waals surface area contributed by atoms with Crippen molar-refractivity contribution in [3.05, 3.63) is 29.3 Å². The highest BCUT2D eigenvalue weighted by atomic mass is 16.6. The molecule has 0 saturated carbocycles. The van der Waals surface area contributed by atoms with Gasteiger partial charge in [-0.3, -0.25) is 4.79 Å². The highest BCUT2D eigenvalue weighted by Crippen LogP contribution is 2.28. The Balaban J connectivity index is 2.16. The van der Waals surface area contributed by atoms with Crippen LogP contribution in [0.4, 0.5) is 4.79 Å². The molecular weight excluding hydrogens is 446 g/mol. The van der Waals surface area contributed by atoms with Gasteiger partial charge in [0.2, 0.25) is 0 Å². The third-order valence-electron chi connectivity index (χ3n) is 6.20. The zero-order valence-corrected chi connectivity index (χ0v) is 22.8. The van der Waals surface area contributed by atoms with E-state index in [4.69, 9.17) is 14.2 Å². The molecule has 8 heteroatoms. The highest BCUT2D eigenvalue weighted by molar-refractivity contribution is 5.95. The topological polar surface area (TPSA) is 80.3 Å². The van der Waals surface area contributed by atoms with Crippen LogP contribution in [-0.4, -0.2) is 87.0 Å². The van der Waals surface area contributed by atoms with Crippen molar-refractivity contribution < 1.29 is 23.8 Å². The predicted octanol–water partition coefficient (Wildman–Crippen LogP) is 3.96. The lowest BCUT2D eigenvalue weighted by molar-refractivity contribution is 0.0282. The van der Waals surface area contributed by atoms with Crippen LogP contribution in [0.3, 0.4) is 0 Å². The molecule has 1 heterocycles. The van der Waals surface area contributed by atoms with Gasteiger partial charge in [-0.25, -0.2) is 4.79 Å². The first-order valence-corrected chi connectivity index (χ1v) is 12.6. The van der Waals surface area contributed by atoms with Gasteiger partial charge < -0.3 is 29.3 Å². The summed E-state index contributed by atoms with van der Waals surface area (Å²) < 4.78 is 16.6. The molecule has 0 bridgehead atoms. The monoisotopic (exact) mass is 491 g/mol. The summed E-state index contributed by atoms with van der Waals surface area (Å²) in [4.78, 5) is 30.0. The van der Waals surface area contributed by atoms with E-state index in [-0.39, 0.29) is 29.9 Å². The number of carbonyl (C=O) groups excluding carboxylic acids is 2. The van der Waals surface area contributed by atoms with Crippen molar-refractivity contribution in [3.8, 4) is 5.75 Å². The van der Waals surface area contributed by atoms with Crippen molar-refractivity contribution >= 4 is 12.0 Å². The number of benzene rings is 1. The molecule has 1 aromatic rings. The standard InChI is InChI=1S/C27H45N3O5/c1-19(2)30(25(31)21-11-10-20(3)24(14-21)34-13-9-12-33-8)18-23-17-29(16-22(23)15-28-7)26(32)35-27(4,5)6/h10-11,14,19,22-23,28H,9,12-13,15-18H2,1-8H3. The maximum absolute atomic E-state index is 13.6. The smallest absolute Gasteiger partial charge is 0.410 e. The number of nitrogens with one attached hydrogen (secondary N) is 1. The number of aryl methyl sites for hydroxylation is 1. The Morgan fingerprint density at radius 1 is 1.17 bits per heavy atom. The molecule has 1 aromatic carbocycles. The summed E-state index contributed by atoms with van der Waals surface area (Å²) in [7, 11) is 3.59. The van der Waals surface area contributed by atoms with Gasteiger partial charge in [0.25, 0.3) is 5.91 Å². The molecule has 2 rings (SSSR count). The molecule has 198 valence electrons. The van der Waals surface area contributed by atoms with E-state index in [0.29, 0.717) is 38.4 Å². The van der Waals surface area contributed by atoms with E-state index in [1.54, 1.807) is 12.0 Å². The molecule has 0 aliphatic carbocycles. The molecule has 2 unspecified atom stereocenters. The molecule has 0 aromatic heterocycles. The van der Waals surface area contributed by atoms with Gasteiger partial charge in [0.15, 0.2) is 0 Å². The minimum atomic E-state index is -0.539. The average molecular weight is 492 g/mol. The first-order chi connectivity index (χ1) is 16.5. The van der Waals surface area contributed by atoms with Gasteiger partial charge in [-0.15, -0.1) is 0 Å². The van der Waals surface area contributed by atoms with Crippen molar-refractivity contribution in [1.29, 1.82) is 0 Å². The van der Waals surface area contributed by atoms with Crippen LogP contribution in [0.5, 0.6) is 5.75 Å². The lowest BCUT2D eigenvalue weighted by atomic mass is 9.94. The van der Waals surface area contributed by atoms with Crippen LogP contribution in [-0.2, 0) is 9.47 Å². The maximum atomic E-state index is 13.6. The number of nitrogens with zero attached hydrogens (tertiary/aromatic N) is 2. The fourth-order valence-corrected chi connectivity index (χ4v) is 4.34. The molecule has 1 N–H and O–H groups in total. The minimum Gasteiger partial charge on any atom is -0.493 e. The number of rotatable bonds is 11. The molecular formula is C27H45N3O5. The Morgan fingerprint density at radius 2 is 1.86 bits per heavy atom. The Bertz CT molecular complexity index is 837. The Kier molecular flexibility index (Phi) is 10.8. The first-order valence-electron chi connectivity index (χ1n) is 12.6. The second-order valence-corrected chi connectivity index (χ2v) is 10.7. The largest absolute Gasteiger partial charge is 0.493 e. The quantitative estimate of drug-likeness (QED) is 0.472. The molecule has 0 radical (unpaired) electrons.